The van der Waals surface area contributed by atoms with Crippen LogP contribution in [0.25, 0.3) is 0 Å². The number of hydrogen-bond donors (Lipinski definition) is 2. The maximum atomic E-state index is 12.0. The number of anilines is 2. The average molecular weight is 293 g/mol. The van der Waals surface area contributed by atoms with Crippen molar-refractivity contribution >= 4 is 17.5 Å². The molecule has 21 heavy (non-hydrogen) atoms. The summed E-state index contributed by atoms with van der Waals surface area (Å²) in [6, 6.07) is 1.94. The highest BCUT2D eigenvalue weighted by Gasteiger charge is 2.17. The quantitative estimate of drug-likeness (QED) is 0.680. The molecule has 0 saturated heterocycles. The molecule has 1 rings (SSSR count). The van der Waals surface area contributed by atoms with Crippen molar-refractivity contribution in [1.29, 1.82) is 0 Å². The molecule has 0 aliphatic heterocycles. The minimum absolute atomic E-state index is 0.319. The SMILES string of the molecule is CCCCC(CCC)Nc1ncc(N)cc1C(=O)OCC. The Kier molecular flexibility index (Phi) is 7.58. The number of rotatable bonds is 9. The first-order valence-corrected chi connectivity index (χ1v) is 7.81. The van der Waals surface area contributed by atoms with Gasteiger partial charge in [-0.1, -0.05) is 33.1 Å². The third-order valence-corrected chi connectivity index (χ3v) is 3.29. The second-order valence-electron chi connectivity index (χ2n) is 5.16. The Labute approximate surface area is 127 Å². The van der Waals surface area contributed by atoms with Crippen LogP contribution in [0.5, 0.6) is 0 Å². The monoisotopic (exact) mass is 293 g/mol. The second kappa shape index (κ2) is 9.21. The molecule has 0 bridgehead atoms. The summed E-state index contributed by atoms with van der Waals surface area (Å²) < 4.78 is 5.07. The van der Waals surface area contributed by atoms with Crippen LogP contribution in [0.4, 0.5) is 11.5 Å². The molecule has 1 unspecified atom stereocenters. The third-order valence-electron chi connectivity index (χ3n) is 3.29. The first-order valence-electron chi connectivity index (χ1n) is 7.81. The van der Waals surface area contributed by atoms with Crippen molar-refractivity contribution in [2.75, 3.05) is 17.7 Å². The summed E-state index contributed by atoms with van der Waals surface area (Å²) in [5, 5.41) is 3.38. The molecule has 5 heteroatoms. The van der Waals surface area contributed by atoms with Crippen molar-refractivity contribution in [3.63, 3.8) is 0 Å². The first-order chi connectivity index (χ1) is 10.1. The van der Waals surface area contributed by atoms with Crippen LogP contribution in [0.3, 0.4) is 0 Å². The van der Waals surface area contributed by atoms with Gasteiger partial charge in [0.2, 0.25) is 0 Å². The zero-order chi connectivity index (χ0) is 15.7. The van der Waals surface area contributed by atoms with Crippen molar-refractivity contribution in [2.45, 2.75) is 58.9 Å². The van der Waals surface area contributed by atoms with Gasteiger partial charge in [0, 0.05) is 6.04 Å². The molecule has 118 valence electrons. The molecule has 5 nitrogen and oxygen atoms in total. The number of esters is 1. The largest absolute Gasteiger partial charge is 0.462 e. The Morgan fingerprint density at radius 1 is 1.33 bits per heavy atom. The summed E-state index contributed by atoms with van der Waals surface area (Å²) in [5.74, 6) is 0.183. The molecule has 1 aromatic rings. The van der Waals surface area contributed by atoms with Gasteiger partial charge in [-0.25, -0.2) is 9.78 Å². The van der Waals surface area contributed by atoms with E-state index in [2.05, 4.69) is 24.1 Å². The first kappa shape index (κ1) is 17.3. The summed E-state index contributed by atoms with van der Waals surface area (Å²) in [5.41, 5.74) is 6.61. The Morgan fingerprint density at radius 3 is 2.71 bits per heavy atom. The van der Waals surface area contributed by atoms with E-state index in [1.807, 2.05) is 0 Å². The highest BCUT2D eigenvalue weighted by Crippen LogP contribution is 2.20. The topological polar surface area (TPSA) is 77.2 Å². The van der Waals surface area contributed by atoms with Gasteiger partial charge in [0.05, 0.1) is 18.5 Å². The number of unbranched alkanes of at least 4 members (excludes halogenated alkanes) is 1. The van der Waals surface area contributed by atoms with Crippen molar-refractivity contribution in [3.05, 3.63) is 17.8 Å². The Morgan fingerprint density at radius 2 is 2.10 bits per heavy atom. The number of nitrogen functional groups attached to an aromatic ring is 1. The molecule has 0 spiro atoms. The normalized spacial score (nSPS) is 12.0. The lowest BCUT2D eigenvalue weighted by Crippen LogP contribution is -2.22. The van der Waals surface area contributed by atoms with E-state index in [0.29, 0.717) is 29.7 Å². The number of nitrogens with two attached hydrogens (primary N) is 1. The second-order valence-corrected chi connectivity index (χ2v) is 5.16. The van der Waals surface area contributed by atoms with Crippen LogP contribution in [0.1, 0.15) is 63.2 Å². The van der Waals surface area contributed by atoms with E-state index < -0.39 is 0 Å². The fourth-order valence-corrected chi connectivity index (χ4v) is 2.24. The maximum absolute atomic E-state index is 12.0. The van der Waals surface area contributed by atoms with Crippen molar-refractivity contribution < 1.29 is 9.53 Å². The molecule has 1 heterocycles. The molecule has 3 N–H and O–H groups in total. The van der Waals surface area contributed by atoms with Gasteiger partial charge < -0.3 is 15.8 Å². The molecular weight excluding hydrogens is 266 g/mol. The molecule has 1 atom stereocenters. The van der Waals surface area contributed by atoms with Gasteiger partial charge in [-0.2, -0.15) is 0 Å². The van der Waals surface area contributed by atoms with Crippen LogP contribution in [0.15, 0.2) is 12.3 Å². The van der Waals surface area contributed by atoms with E-state index in [-0.39, 0.29) is 5.97 Å². The fraction of sp³-hybridized carbons (Fsp3) is 0.625. The lowest BCUT2D eigenvalue weighted by Gasteiger charge is -2.20. The summed E-state index contributed by atoms with van der Waals surface area (Å²) in [7, 11) is 0. The summed E-state index contributed by atoms with van der Waals surface area (Å²) in [4.78, 5) is 16.3. The van der Waals surface area contributed by atoms with Crippen LogP contribution in [0.2, 0.25) is 0 Å². The average Bonchev–Trinajstić information content (AvgIpc) is 2.47. The summed E-state index contributed by atoms with van der Waals surface area (Å²) in [6.45, 7) is 6.45. The lowest BCUT2D eigenvalue weighted by molar-refractivity contribution is 0.0527. The van der Waals surface area contributed by atoms with Crippen LogP contribution in [0, 0.1) is 0 Å². The summed E-state index contributed by atoms with van der Waals surface area (Å²) in [6.07, 6.45) is 7.08. The molecule has 0 saturated carbocycles. The van der Waals surface area contributed by atoms with Crippen LogP contribution < -0.4 is 11.1 Å². The number of pyridine rings is 1. The van der Waals surface area contributed by atoms with Crippen molar-refractivity contribution in [2.24, 2.45) is 0 Å². The highest BCUT2D eigenvalue weighted by molar-refractivity contribution is 5.95. The highest BCUT2D eigenvalue weighted by atomic mass is 16.5. The Hall–Kier alpha value is -1.78. The fourth-order valence-electron chi connectivity index (χ4n) is 2.24. The number of nitrogens with one attached hydrogen (secondary N) is 1. The Bertz CT molecular complexity index is 449. The van der Waals surface area contributed by atoms with E-state index in [1.54, 1.807) is 19.2 Å². The van der Waals surface area contributed by atoms with Crippen LogP contribution >= 0.6 is 0 Å². The number of aromatic nitrogens is 1. The zero-order valence-corrected chi connectivity index (χ0v) is 13.3. The van der Waals surface area contributed by atoms with E-state index in [9.17, 15) is 4.79 Å². The maximum Gasteiger partial charge on any atom is 0.341 e. The summed E-state index contributed by atoms with van der Waals surface area (Å²) >= 11 is 0. The minimum atomic E-state index is -0.384. The number of carbonyl (C=O) groups is 1. The molecule has 0 radical (unpaired) electrons. The molecular formula is C16H27N3O2. The molecule has 0 aliphatic rings. The van der Waals surface area contributed by atoms with Gasteiger partial charge in [0.15, 0.2) is 0 Å². The van der Waals surface area contributed by atoms with Gasteiger partial charge in [-0.3, -0.25) is 0 Å². The number of nitrogens with zero attached hydrogens (tertiary/aromatic N) is 1. The minimum Gasteiger partial charge on any atom is -0.462 e. The molecule has 0 aromatic carbocycles. The van der Waals surface area contributed by atoms with E-state index in [1.165, 1.54) is 0 Å². The molecule has 0 aliphatic carbocycles. The number of carbonyl (C=O) groups excluding carboxylic acids is 1. The zero-order valence-electron chi connectivity index (χ0n) is 13.3. The standard InChI is InChI=1S/C16H27N3O2/c1-4-7-9-13(8-5-2)19-15-14(16(20)21-6-3)10-12(17)11-18-15/h10-11,13H,4-9,17H2,1-3H3,(H,18,19). The van der Waals surface area contributed by atoms with E-state index >= 15 is 0 Å². The van der Waals surface area contributed by atoms with E-state index in [0.717, 1.165) is 32.1 Å². The van der Waals surface area contributed by atoms with E-state index in [4.69, 9.17) is 10.5 Å². The van der Waals surface area contributed by atoms with Gasteiger partial charge in [0.25, 0.3) is 0 Å². The van der Waals surface area contributed by atoms with Crippen LogP contribution in [-0.2, 0) is 4.74 Å². The molecule has 1 aromatic heterocycles. The van der Waals surface area contributed by atoms with Gasteiger partial charge in [-0.05, 0) is 25.8 Å². The third kappa shape index (κ3) is 5.61. The van der Waals surface area contributed by atoms with Crippen molar-refractivity contribution in [3.8, 4) is 0 Å². The predicted octanol–water partition coefficient (Wildman–Crippen LogP) is 3.61. The van der Waals surface area contributed by atoms with Gasteiger partial charge in [0.1, 0.15) is 11.4 Å². The van der Waals surface area contributed by atoms with Crippen molar-refractivity contribution in [1.82, 2.24) is 4.98 Å². The van der Waals surface area contributed by atoms with Gasteiger partial charge >= 0.3 is 5.97 Å². The predicted molar refractivity (Wildman–Crippen MR) is 86.4 cm³/mol. The van der Waals surface area contributed by atoms with Crippen LogP contribution in [-0.4, -0.2) is 23.6 Å². The molecule has 0 fully saturated rings. The Balaban J connectivity index is 2.91. The van der Waals surface area contributed by atoms with Gasteiger partial charge in [-0.15, -0.1) is 0 Å². The molecule has 0 amide bonds. The number of ether oxygens (including phenoxy) is 1. The number of hydrogen-bond acceptors (Lipinski definition) is 5. The lowest BCUT2D eigenvalue weighted by atomic mass is 10.0. The smallest absolute Gasteiger partial charge is 0.341 e.